The average Bonchev–Trinajstić information content (AvgIpc) is 3.19. The zero-order chi connectivity index (χ0) is 12.5. The lowest BCUT2D eigenvalue weighted by Crippen LogP contribution is -2.03. The lowest BCUT2D eigenvalue weighted by atomic mass is 10.0. The first kappa shape index (κ1) is 11.4. The fourth-order valence-corrected chi connectivity index (χ4v) is 2.47. The summed E-state index contributed by atoms with van der Waals surface area (Å²) >= 11 is 0. The van der Waals surface area contributed by atoms with Gasteiger partial charge in [-0.05, 0) is 43.9 Å². The van der Waals surface area contributed by atoms with Crippen molar-refractivity contribution in [2.24, 2.45) is 5.92 Å². The second-order valence-corrected chi connectivity index (χ2v) is 5.18. The Hall–Kier alpha value is -1.70. The molecule has 1 fully saturated rings. The fraction of sp³-hybridized carbons (Fsp3) is 0.375. The quantitative estimate of drug-likeness (QED) is 0.818. The molecule has 1 heterocycles. The number of rotatable bonds is 4. The van der Waals surface area contributed by atoms with Gasteiger partial charge < -0.3 is 0 Å². The minimum Gasteiger partial charge on any atom is -0.299 e. The van der Waals surface area contributed by atoms with E-state index in [1.165, 1.54) is 10.9 Å². The van der Waals surface area contributed by atoms with Crippen molar-refractivity contribution in [1.29, 1.82) is 0 Å². The van der Waals surface area contributed by atoms with Gasteiger partial charge in [0.15, 0.2) is 0 Å². The van der Waals surface area contributed by atoms with E-state index in [1.807, 2.05) is 25.1 Å². The van der Waals surface area contributed by atoms with E-state index in [0.717, 1.165) is 30.5 Å². The topological polar surface area (TPSA) is 30.0 Å². The van der Waals surface area contributed by atoms with Gasteiger partial charge in [-0.25, -0.2) is 0 Å². The van der Waals surface area contributed by atoms with Gasteiger partial charge in [-0.3, -0.25) is 9.78 Å². The maximum Gasteiger partial charge on any atom is 0.136 e. The van der Waals surface area contributed by atoms with Crippen molar-refractivity contribution < 1.29 is 4.79 Å². The summed E-state index contributed by atoms with van der Waals surface area (Å²) < 4.78 is 0. The molecular weight excluding hydrogens is 222 g/mol. The van der Waals surface area contributed by atoms with E-state index in [4.69, 9.17) is 0 Å². The fourth-order valence-electron chi connectivity index (χ4n) is 2.47. The van der Waals surface area contributed by atoms with E-state index in [9.17, 15) is 4.79 Å². The van der Waals surface area contributed by atoms with Crippen molar-refractivity contribution in [3.8, 4) is 0 Å². The van der Waals surface area contributed by atoms with Crippen LogP contribution in [0.3, 0.4) is 0 Å². The maximum absolute atomic E-state index is 11.8. The molecule has 1 aliphatic carbocycles. The van der Waals surface area contributed by atoms with Crippen LogP contribution in [0.5, 0.6) is 0 Å². The third-order valence-electron chi connectivity index (χ3n) is 3.60. The van der Waals surface area contributed by atoms with Gasteiger partial charge in [-0.15, -0.1) is 0 Å². The lowest BCUT2D eigenvalue weighted by Gasteiger charge is -2.07. The first-order valence-corrected chi connectivity index (χ1v) is 6.62. The van der Waals surface area contributed by atoms with E-state index < -0.39 is 0 Å². The van der Waals surface area contributed by atoms with Crippen LogP contribution >= 0.6 is 0 Å². The summed E-state index contributed by atoms with van der Waals surface area (Å²) in [7, 11) is 0. The predicted octanol–water partition coefficient (Wildman–Crippen LogP) is 3.45. The Morgan fingerprint density at radius 2 is 2.11 bits per heavy atom. The van der Waals surface area contributed by atoms with Crippen LogP contribution in [0.25, 0.3) is 10.9 Å². The molecule has 0 N–H and O–H groups in total. The Bertz CT molecular complexity index is 599. The highest BCUT2D eigenvalue weighted by Crippen LogP contribution is 2.31. The number of carbonyl (C=O) groups excluding carboxylic acids is 1. The number of pyridine rings is 1. The number of Topliss-reactive ketones (excluding diaryl/α,β-unsaturated/α-hetero) is 1. The normalized spacial score (nSPS) is 14.9. The van der Waals surface area contributed by atoms with E-state index >= 15 is 0 Å². The third-order valence-corrected chi connectivity index (χ3v) is 3.60. The molecule has 1 aromatic heterocycles. The van der Waals surface area contributed by atoms with Crippen LogP contribution in [0.4, 0.5) is 0 Å². The van der Waals surface area contributed by atoms with Gasteiger partial charge in [0.05, 0.1) is 5.52 Å². The summed E-state index contributed by atoms with van der Waals surface area (Å²) in [6.07, 6.45) is 3.74. The average molecular weight is 239 g/mol. The number of aryl methyl sites for hydroxylation is 2. The summed E-state index contributed by atoms with van der Waals surface area (Å²) in [4.78, 5) is 16.3. The maximum atomic E-state index is 11.8. The van der Waals surface area contributed by atoms with Gasteiger partial charge in [-0.1, -0.05) is 18.2 Å². The number of para-hydroxylation sites is 1. The smallest absolute Gasteiger partial charge is 0.136 e. The van der Waals surface area contributed by atoms with E-state index in [1.54, 1.807) is 0 Å². The Labute approximate surface area is 107 Å². The van der Waals surface area contributed by atoms with E-state index in [0.29, 0.717) is 18.1 Å². The highest BCUT2D eigenvalue weighted by Gasteiger charge is 2.28. The molecule has 0 spiro atoms. The van der Waals surface area contributed by atoms with Gasteiger partial charge in [-0.2, -0.15) is 0 Å². The van der Waals surface area contributed by atoms with Crippen molar-refractivity contribution in [2.45, 2.75) is 32.6 Å². The Kier molecular flexibility index (Phi) is 2.86. The number of nitrogens with zero attached hydrogens (tertiary/aromatic N) is 1. The standard InChI is InChI=1S/C16H17NO/c1-11-10-13(8-9-16(18)12-6-7-12)14-4-2-3-5-15(14)17-11/h2-5,10,12H,6-9H2,1H3. The van der Waals surface area contributed by atoms with E-state index in [2.05, 4.69) is 17.1 Å². The van der Waals surface area contributed by atoms with Gasteiger partial charge in [0, 0.05) is 23.4 Å². The van der Waals surface area contributed by atoms with Crippen LogP contribution < -0.4 is 0 Å². The van der Waals surface area contributed by atoms with Gasteiger partial charge in [0.25, 0.3) is 0 Å². The molecule has 0 unspecified atom stereocenters. The van der Waals surface area contributed by atoms with E-state index in [-0.39, 0.29) is 0 Å². The minimum atomic E-state index is 0.374. The molecule has 0 aliphatic heterocycles. The molecule has 2 heteroatoms. The molecule has 18 heavy (non-hydrogen) atoms. The number of hydrogen-bond acceptors (Lipinski definition) is 2. The highest BCUT2D eigenvalue weighted by atomic mass is 16.1. The van der Waals surface area contributed by atoms with Crippen LogP contribution in [0, 0.1) is 12.8 Å². The summed E-state index contributed by atoms with van der Waals surface area (Å²) in [5.74, 6) is 0.813. The first-order chi connectivity index (χ1) is 8.74. The Morgan fingerprint density at radius 3 is 2.89 bits per heavy atom. The Morgan fingerprint density at radius 1 is 1.33 bits per heavy atom. The molecular formula is C16H17NO. The zero-order valence-corrected chi connectivity index (χ0v) is 10.6. The van der Waals surface area contributed by atoms with Crippen molar-refractivity contribution in [1.82, 2.24) is 4.98 Å². The molecule has 3 rings (SSSR count). The monoisotopic (exact) mass is 239 g/mol. The molecule has 1 saturated carbocycles. The molecule has 1 aromatic carbocycles. The van der Waals surface area contributed by atoms with Gasteiger partial charge in [0.1, 0.15) is 5.78 Å². The number of benzene rings is 1. The van der Waals surface area contributed by atoms with Crippen molar-refractivity contribution >= 4 is 16.7 Å². The molecule has 2 aromatic rings. The number of carbonyl (C=O) groups is 1. The van der Waals surface area contributed by atoms with Crippen LogP contribution in [-0.4, -0.2) is 10.8 Å². The largest absolute Gasteiger partial charge is 0.299 e. The molecule has 2 nitrogen and oxygen atoms in total. The SMILES string of the molecule is Cc1cc(CCC(=O)C2CC2)c2ccccc2n1. The second kappa shape index (κ2) is 4.52. The number of ketones is 1. The summed E-state index contributed by atoms with van der Waals surface area (Å²) in [5.41, 5.74) is 3.32. The molecule has 0 radical (unpaired) electrons. The number of aromatic nitrogens is 1. The van der Waals surface area contributed by atoms with Crippen molar-refractivity contribution in [3.05, 3.63) is 41.6 Å². The first-order valence-electron chi connectivity index (χ1n) is 6.62. The summed E-state index contributed by atoms with van der Waals surface area (Å²) in [5, 5.41) is 1.19. The Balaban J connectivity index is 1.87. The summed E-state index contributed by atoms with van der Waals surface area (Å²) in [6.45, 7) is 2.01. The second-order valence-electron chi connectivity index (χ2n) is 5.18. The van der Waals surface area contributed by atoms with Crippen molar-refractivity contribution in [3.63, 3.8) is 0 Å². The van der Waals surface area contributed by atoms with Crippen LogP contribution in [0.2, 0.25) is 0 Å². The highest BCUT2D eigenvalue weighted by molar-refractivity contribution is 5.85. The number of hydrogen-bond donors (Lipinski definition) is 0. The van der Waals surface area contributed by atoms with Gasteiger partial charge in [0.2, 0.25) is 0 Å². The summed E-state index contributed by atoms with van der Waals surface area (Å²) in [6, 6.07) is 10.3. The van der Waals surface area contributed by atoms with Crippen molar-refractivity contribution in [2.75, 3.05) is 0 Å². The molecule has 92 valence electrons. The van der Waals surface area contributed by atoms with Crippen LogP contribution in [-0.2, 0) is 11.2 Å². The van der Waals surface area contributed by atoms with Crippen LogP contribution in [0.1, 0.15) is 30.5 Å². The zero-order valence-electron chi connectivity index (χ0n) is 10.6. The molecule has 0 bridgehead atoms. The number of fused-ring (bicyclic) bond motifs is 1. The predicted molar refractivity (Wildman–Crippen MR) is 72.5 cm³/mol. The molecule has 0 saturated heterocycles. The minimum absolute atomic E-state index is 0.374. The molecule has 0 atom stereocenters. The third kappa shape index (κ3) is 2.28. The van der Waals surface area contributed by atoms with Crippen LogP contribution in [0.15, 0.2) is 30.3 Å². The molecule has 0 amide bonds. The van der Waals surface area contributed by atoms with Gasteiger partial charge >= 0.3 is 0 Å². The lowest BCUT2D eigenvalue weighted by molar-refractivity contribution is -0.120. The molecule has 1 aliphatic rings.